The van der Waals surface area contributed by atoms with Crippen molar-refractivity contribution in [3.63, 3.8) is 0 Å². The molecule has 27 heavy (non-hydrogen) atoms. The van der Waals surface area contributed by atoms with Crippen LogP contribution >= 0.6 is 23.1 Å². The van der Waals surface area contributed by atoms with E-state index in [1.807, 2.05) is 0 Å². The molecular formula is C17H15N3O5S2. The van der Waals surface area contributed by atoms with Crippen molar-refractivity contribution in [1.82, 2.24) is 10.2 Å². The molecule has 1 aliphatic rings. The van der Waals surface area contributed by atoms with Crippen molar-refractivity contribution in [3.8, 4) is 11.7 Å². The highest BCUT2D eigenvalue weighted by atomic mass is 32.2. The average molecular weight is 405 g/mol. The number of thioether (sulfide) groups is 1. The average Bonchev–Trinajstić information content (AvgIpc) is 3.42. The molecule has 1 amide bonds. The van der Waals surface area contributed by atoms with Gasteiger partial charge in [0.1, 0.15) is 5.00 Å². The molecule has 0 saturated carbocycles. The first-order valence-corrected chi connectivity index (χ1v) is 9.99. The highest BCUT2D eigenvalue weighted by Gasteiger charge is 2.28. The van der Waals surface area contributed by atoms with E-state index in [9.17, 15) is 9.59 Å². The summed E-state index contributed by atoms with van der Waals surface area (Å²) in [6, 6.07) is 3.43. The molecule has 0 aromatic carbocycles. The summed E-state index contributed by atoms with van der Waals surface area (Å²) >= 11 is 2.55. The number of esters is 1. The second kappa shape index (κ2) is 7.57. The van der Waals surface area contributed by atoms with Crippen LogP contribution in [0.1, 0.15) is 27.2 Å². The van der Waals surface area contributed by atoms with Gasteiger partial charge < -0.3 is 18.9 Å². The van der Waals surface area contributed by atoms with E-state index < -0.39 is 5.97 Å². The Morgan fingerprint density at radius 2 is 2.26 bits per heavy atom. The summed E-state index contributed by atoms with van der Waals surface area (Å²) in [5.41, 5.74) is 1.47. The number of thiophene rings is 1. The molecule has 10 heteroatoms. The van der Waals surface area contributed by atoms with Crippen LogP contribution in [0.4, 0.5) is 5.00 Å². The Bertz CT molecular complexity index is 977. The van der Waals surface area contributed by atoms with E-state index in [1.54, 1.807) is 12.1 Å². The van der Waals surface area contributed by atoms with Gasteiger partial charge in [0, 0.05) is 4.88 Å². The number of hydrogen-bond acceptors (Lipinski definition) is 9. The maximum atomic E-state index is 12.3. The number of anilines is 1. The Kier molecular flexibility index (Phi) is 4.99. The molecule has 0 bridgehead atoms. The zero-order valence-electron chi connectivity index (χ0n) is 14.3. The summed E-state index contributed by atoms with van der Waals surface area (Å²) in [7, 11) is 1.34. The number of ether oxygens (including phenoxy) is 1. The zero-order valence-corrected chi connectivity index (χ0v) is 15.9. The summed E-state index contributed by atoms with van der Waals surface area (Å²) in [6.07, 6.45) is 4.28. The Morgan fingerprint density at radius 3 is 3.04 bits per heavy atom. The van der Waals surface area contributed by atoms with Gasteiger partial charge in [0.15, 0.2) is 5.76 Å². The molecule has 140 valence electrons. The Labute approximate surface area is 162 Å². The molecule has 1 N–H and O–H groups in total. The van der Waals surface area contributed by atoms with Gasteiger partial charge in [-0.1, -0.05) is 11.8 Å². The number of methoxy groups -OCH3 is 1. The first kappa shape index (κ1) is 17.8. The second-order valence-corrected chi connectivity index (χ2v) is 7.77. The minimum absolute atomic E-state index is 0.0724. The number of nitrogens with zero attached hydrogens (tertiary/aromatic N) is 2. The number of rotatable bonds is 6. The zero-order chi connectivity index (χ0) is 18.8. The smallest absolute Gasteiger partial charge is 0.341 e. The van der Waals surface area contributed by atoms with Crippen molar-refractivity contribution in [2.24, 2.45) is 0 Å². The van der Waals surface area contributed by atoms with Crippen molar-refractivity contribution in [2.45, 2.75) is 24.5 Å². The Hall–Kier alpha value is -2.59. The van der Waals surface area contributed by atoms with Gasteiger partial charge in [-0.2, -0.15) is 0 Å². The van der Waals surface area contributed by atoms with Crippen LogP contribution in [0.5, 0.6) is 0 Å². The SMILES string of the molecule is COC(=O)c1c(NC(=O)CSc2nnc(-c3ccco3)o2)sc2c1CCC2. The molecule has 1 aliphatic carbocycles. The largest absolute Gasteiger partial charge is 0.465 e. The predicted molar refractivity (Wildman–Crippen MR) is 99.0 cm³/mol. The van der Waals surface area contributed by atoms with E-state index >= 15 is 0 Å². The van der Waals surface area contributed by atoms with Crippen molar-refractivity contribution < 1.29 is 23.2 Å². The summed E-state index contributed by atoms with van der Waals surface area (Å²) in [5.74, 6) is 0.114. The van der Waals surface area contributed by atoms with Crippen LogP contribution in [0.15, 0.2) is 32.5 Å². The molecule has 0 spiro atoms. The van der Waals surface area contributed by atoms with Gasteiger partial charge >= 0.3 is 5.97 Å². The maximum absolute atomic E-state index is 12.3. The van der Waals surface area contributed by atoms with E-state index in [0.717, 1.165) is 41.5 Å². The van der Waals surface area contributed by atoms with Crippen LogP contribution in [0.2, 0.25) is 0 Å². The third-order valence-electron chi connectivity index (χ3n) is 4.03. The Morgan fingerprint density at radius 1 is 1.37 bits per heavy atom. The number of fused-ring (bicyclic) bond motifs is 1. The highest BCUT2D eigenvalue weighted by Crippen LogP contribution is 2.39. The topological polar surface area (TPSA) is 107 Å². The van der Waals surface area contributed by atoms with Crippen molar-refractivity contribution >= 4 is 40.0 Å². The maximum Gasteiger partial charge on any atom is 0.341 e. The third kappa shape index (κ3) is 3.62. The predicted octanol–water partition coefficient (Wildman–Crippen LogP) is 3.40. The van der Waals surface area contributed by atoms with Crippen LogP contribution in [-0.2, 0) is 22.4 Å². The summed E-state index contributed by atoms with van der Waals surface area (Å²) in [5, 5.41) is 11.4. The molecule has 0 fully saturated rings. The lowest BCUT2D eigenvalue weighted by Gasteiger charge is -2.06. The van der Waals surface area contributed by atoms with E-state index in [2.05, 4.69) is 15.5 Å². The van der Waals surface area contributed by atoms with Crippen molar-refractivity contribution in [2.75, 3.05) is 18.2 Å². The first-order valence-electron chi connectivity index (χ1n) is 8.18. The van der Waals surface area contributed by atoms with E-state index in [0.29, 0.717) is 16.3 Å². The quantitative estimate of drug-likeness (QED) is 0.491. The molecule has 4 rings (SSSR count). The number of aryl methyl sites for hydroxylation is 1. The fourth-order valence-electron chi connectivity index (χ4n) is 2.87. The molecular weight excluding hydrogens is 390 g/mol. The van der Waals surface area contributed by atoms with E-state index in [-0.39, 0.29) is 22.8 Å². The lowest BCUT2D eigenvalue weighted by atomic mass is 10.1. The monoisotopic (exact) mass is 405 g/mol. The third-order valence-corrected chi connectivity index (χ3v) is 6.05. The summed E-state index contributed by atoms with van der Waals surface area (Å²) in [6.45, 7) is 0. The van der Waals surface area contributed by atoms with Crippen molar-refractivity contribution in [3.05, 3.63) is 34.4 Å². The molecule has 3 heterocycles. The number of hydrogen-bond donors (Lipinski definition) is 1. The fourth-order valence-corrected chi connectivity index (χ4v) is 4.72. The van der Waals surface area contributed by atoms with Crippen LogP contribution in [0.3, 0.4) is 0 Å². The number of carbonyl (C=O) groups excluding carboxylic acids is 2. The summed E-state index contributed by atoms with van der Waals surface area (Å²) in [4.78, 5) is 25.6. The van der Waals surface area contributed by atoms with Gasteiger partial charge in [-0.15, -0.1) is 21.5 Å². The Balaban J connectivity index is 1.41. The lowest BCUT2D eigenvalue weighted by molar-refractivity contribution is -0.113. The standard InChI is InChI=1S/C17H15N3O5S2/c1-23-16(22)13-9-4-2-6-11(9)27-15(13)18-12(21)8-26-17-20-19-14(25-17)10-5-3-7-24-10/h3,5,7H,2,4,6,8H2,1H3,(H,18,21). The van der Waals surface area contributed by atoms with Crippen LogP contribution in [0, 0.1) is 0 Å². The highest BCUT2D eigenvalue weighted by molar-refractivity contribution is 7.99. The van der Waals surface area contributed by atoms with E-state index in [1.165, 1.54) is 24.7 Å². The van der Waals surface area contributed by atoms with Gasteiger partial charge in [-0.3, -0.25) is 4.79 Å². The molecule has 0 radical (unpaired) electrons. The molecule has 0 unspecified atom stereocenters. The summed E-state index contributed by atoms with van der Waals surface area (Å²) < 4.78 is 15.5. The molecule has 3 aromatic rings. The van der Waals surface area contributed by atoms with Gasteiger partial charge in [0.25, 0.3) is 11.1 Å². The van der Waals surface area contributed by atoms with E-state index in [4.69, 9.17) is 13.6 Å². The minimum Gasteiger partial charge on any atom is -0.465 e. The number of nitrogens with one attached hydrogen (secondary N) is 1. The van der Waals surface area contributed by atoms with Gasteiger partial charge in [0.2, 0.25) is 5.91 Å². The molecule has 0 aliphatic heterocycles. The molecule has 3 aromatic heterocycles. The molecule has 8 nitrogen and oxygen atoms in total. The molecule has 0 atom stereocenters. The number of amides is 1. The number of aromatic nitrogens is 2. The van der Waals surface area contributed by atoms with Crippen LogP contribution in [-0.4, -0.2) is 34.9 Å². The normalized spacial score (nSPS) is 12.8. The van der Waals surface area contributed by atoms with Crippen LogP contribution < -0.4 is 5.32 Å². The molecule has 0 saturated heterocycles. The first-order chi connectivity index (χ1) is 13.2. The minimum atomic E-state index is -0.419. The van der Waals surface area contributed by atoms with Crippen LogP contribution in [0.25, 0.3) is 11.7 Å². The lowest BCUT2D eigenvalue weighted by Crippen LogP contribution is -2.16. The second-order valence-electron chi connectivity index (χ2n) is 5.74. The number of furan rings is 1. The van der Waals surface area contributed by atoms with Crippen molar-refractivity contribution in [1.29, 1.82) is 0 Å². The van der Waals surface area contributed by atoms with Gasteiger partial charge in [-0.25, -0.2) is 4.79 Å². The number of carbonyl (C=O) groups is 2. The fraction of sp³-hybridized carbons (Fsp3) is 0.294. The van der Waals surface area contributed by atoms with Gasteiger partial charge in [-0.05, 0) is 37.0 Å². The van der Waals surface area contributed by atoms with Gasteiger partial charge in [0.05, 0.1) is 24.7 Å².